The lowest BCUT2D eigenvalue weighted by molar-refractivity contribution is -0.385. The Morgan fingerprint density at radius 2 is 1.65 bits per heavy atom. The van der Waals surface area contributed by atoms with E-state index < -0.39 is 4.92 Å². The van der Waals surface area contributed by atoms with Crippen LogP contribution in [0.2, 0.25) is 0 Å². The first-order chi connectivity index (χ1) is 11.1. The number of carbonyl (C=O) groups is 2. The zero-order valence-corrected chi connectivity index (χ0v) is 12.2. The molecule has 0 unspecified atom stereocenters. The summed E-state index contributed by atoms with van der Waals surface area (Å²) in [6.45, 7) is 0.826. The maximum atomic E-state index is 12.2. The van der Waals surface area contributed by atoms with Gasteiger partial charge in [-0.05, 0) is 25.0 Å². The lowest BCUT2D eigenvalue weighted by Gasteiger charge is -2.13. The third-order valence-corrected chi connectivity index (χ3v) is 3.73. The summed E-state index contributed by atoms with van der Waals surface area (Å²) in [4.78, 5) is 35.6. The molecule has 0 N–H and O–H groups in total. The van der Waals surface area contributed by atoms with Crippen molar-refractivity contribution in [2.24, 2.45) is 0 Å². The smallest absolute Gasteiger partial charge is 0.274 e. The second-order valence-corrected chi connectivity index (χ2v) is 5.23. The Kier molecular flexibility index (Phi) is 3.88. The minimum atomic E-state index is -0.498. The SMILES string of the molecule is O=C1c2ccccc2C(=O)N1CCCCn1cc([N+](=O)[O-])cn1. The number of hydrogen-bond donors (Lipinski definition) is 0. The van der Waals surface area contributed by atoms with Gasteiger partial charge < -0.3 is 0 Å². The molecule has 0 fully saturated rings. The number of nitrogens with zero attached hydrogens (tertiary/aromatic N) is 4. The number of hydrogen-bond acceptors (Lipinski definition) is 5. The quantitative estimate of drug-likeness (QED) is 0.351. The number of fused-ring (bicyclic) bond motifs is 1. The number of unbranched alkanes of at least 4 members (excludes halogenated alkanes) is 1. The molecule has 1 aromatic carbocycles. The molecule has 1 aliphatic rings. The van der Waals surface area contributed by atoms with Crippen molar-refractivity contribution in [3.8, 4) is 0 Å². The molecule has 2 aromatic rings. The number of benzene rings is 1. The van der Waals surface area contributed by atoms with Crippen LogP contribution in [0.5, 0.6) is 0 Å². The van der Waals surface area contributed by atoms with Crippen molar-refractivity contribution in [3.63, 3.8) is 0 Å². The van der Waals surface area contributed by atoms with Gasteiger partial charge in [0, 0.05) is 13.1 Å². The van der Waals surface area contributed by atoms with Crippen LogP contribution in [0.1, 0.15) is 33.6 Å². The van der Waals surface area contributed by atoms with Crippen LogP contribution in [0.25, 0.3) is 0 Å². The highest BCUT2D eigenvalue weighted by atomic mass is 16.6. The first-order valence-electron chi connectivity index (χ1n) is 7.20. The van der Waals surface area contributed by atoms with Crippen LogP contribution < -0.4 is 0 Å². The highest BCUT2D eigenvalue weighted by Gasteiger charge is 2.34. The molecule has 8 heteroatoms. The Labute approximate surface area is 131 Å². The van der Waals surface area contributed by atoms with Crippen molar-refractivity contribution in [2.45, 2.75) is 19.4 Å². The molecule has 1 aromatic heterocycles. The molecule has 2 amide bonds. The molecular formula is C15H14N4O4. The standard InChI is InChI=1S/C15H14N4O4/c20-14-12-5-1-2-6-13(12)15(21)18(14)8-4-3-7-17-10-11(9-16-17)19(22)23/h1-2,5-6,9-10H,3-4,7-8H2. The fourth-order valence-corrected chi connectivity index (χ4v) is 2.56. The lowest BCUT2D eigenvalue weighted by Crippen LogP contribution is -2.30. The predicted molar refractivity (Wildman–Crippen MR) is 79.9 cm³/mol. The molecule has 118 valence electrons. The number of carbonyl (C=O) groups excluding carboxylic acids is 2. The van der Waals surface area contributed by atoms with Gasteiger partial charge >= 0.3 is 5.69 Å². The third-order valence-electron chi connectivity index (χ3n) is 3.73. The van der Waals surface area contributed by atoms with Gasteiger partial charge in [-0.2, -0.15) is 5.10 Å². The summed E-state index contributed by atoms with van der Waals surface area (Å²) in [5.74, 6) is -0.527. The third kappa shape index (κ3) is 2.83. The summed E-state index contributed by atoms with van der Waals surface area (Å²) >= 11 is 0. The minimum absolute atomic E-state index is 0.0506. The summed E-state index contributed by atoms with van der Waals surface area (Å²) in [5, 5.41) is 14.5. The second-order valence-electron chi connectivity index (χ2n) is 5.23. The molecule has 0 saturated heterocycles. The summed E-state index contributed by atoms with van der Waals surface area (Å²) in [7, 11) is 0. The summed E-state index contributed by atoms with van der Waals surface area (Å²) in [6, 6.07) is 6.77. The Hall–Kier alpha value is -3.03. The van der Waals surface area contributed by atoms with Gasteiger partial charge in [0.15, 0.2) is 0 Å². The first-order valence-corrected chi connectivity index (χ1v) is 7.20. The molecule has 0 radical (unpaired) electrons. The van der Waals surface area contributed by atoms with Crippen LogP contribution in [0.3, 0.4) is 0 Å². The van der Waals surface area contributed by atoms with Gasteiger partial charge in [0.2, 0.25) is 0 Å². The normalized spacial score (nSPS) is 13.5. The van der Waals surface area contributed by atoms with Crippen molar-refractivity contribution in [1.82, 2.24) is 14.7 Å². The average Bonchev–Trinajstić information content (AvgIpc) is 3.11. The van der Waals surface area contributed by atoms with Gasteiger partial charge in [-0.15, -0.1) is 0 Å². The molecular weight excluding hydrogens is 300 g/mol. The molecule has 0 atom stereocenters. The first kappa shape index (κ1) is 14.9. The van der Waals surface area contributed by atoms with Crippen LogP contribution in [0, 0.1) is 10.1 Å². The Morgan fingerprint density at radius 3 is 2.22 bits per heavy atom. The van der Waals surface area contributed by atoms with Crippen molar-refractivity contribution in [3.05, 3.63) is 57.9 Å². The van der Waals surface area contributed by atoms with E-state index in [2.05, 4.69) is 5.10 Å². The minimum Gasteiger partial charge on any atom is -0.274 e. The fraction of sp³-hybridized carbons (Fsp3) is 0.267. The molecule has 0 bridgehead atoms. The van der Waals surface area contributed by atoms with E-state index in [4.69, 9.17) is 0 Å². The number of amides is 2. The average molecular weight is 314 g/mol. The number of imide groups is 1. The maximum absolute atomic E-state index is 12.2. The van der Waals surface area contributed by atoms with E-state index in [-0.39, 0.29) is 17.5 Å². The van der Waals surface area contributed by atoms with Gasteiger partial charge in [-0.3, -0.25) is 29.3 Å². The van der Waals surface area contributed by atoms with Crippen molar-refractivity contribution < 1.29 is 14.5 Å². The molecule has 1 aliphatic heterocycles. The molecule has 3 rings (SSSR count). The van der Waals surface area contributed by atoms with E-state index in [1.807, 2.05) is 0 Å². The van der Waals surface area contributed by atoms with Gasteiger partial charge in [0.25, 0.3) is 11.8 Å². The molecule has 23 heavy (non-hydrogen) atoms. The number of aryl methyl sites for hydroxylation is 1. The Balaban J connectivity index is 1.52. The van der Waals surface area contributed by atoms with E-state index in [9.17, 15) is 19.7 Å². The van der Waals surface area contributed by atoms with E-state index in [0.717, 1.165) is 0 Å². The van der Waals surface area contributed by atoms with Crippen LogP contribution in [0.15, 0.2) is 36.7 Å². The molecule has 8 nitrogen and oxygen atoms in total. The van der Waals surface area contributed by atoms with E-state index in [1.54, 1.807) is 24.3 Å². The Bertz CT molecular complexity index is 748. The number of rotatable bonds is 6. The van der Waals surface area contributed by atoms with E-state index in [0.29, 0.717) is 37.1 Å². The number of nitro groups is 1. The maximum Gasteiger partial charge on any atom is 0.306 e. The van der Waals surface area contributed by atoms with Crippen LogP contribution in [-0.2, 0) is 6.54 Å². The summed E-state index contributed by atoms with van der Waals surface area (Å²) < 4.78 is 1.49. The topological polar surface area (TPSA) is 98.3 Å². The predicted octanol–water partition coefficient (Wildman–Crippen LogP) is 1.87. The zero-order chi connectivity index (χ0) is 16.4. The lowest BCUT2D eigenvalue weighted by atomic mass is 10.1. The largest absolute Gasteiger partial charge is 0.306 e. The second kappa shape index (κ2) is 5.99. The number of aromatic nitrogens is 2. The van der Waals surface area contributed by atoms with Gasteiger partial charge in [-0.1, -0.05) is 12.1 Å². The Morgan fingerprint density at radius 1 is 1.04 bits per heavy atom. The zero-order valence-electron chi connectivity index (χ0n) is 12.2. The highest BCUT2D eigenvalue weighted by molar-refractivity contribution is 6.21. The van der Waals surface area contributed by atoms with E-state index >= 15 is 0 Å². The van der Waals surface area contributed by atoms with Crippen LogP contribution in [-0.4, -0.2) is 38.0 Å². The van der Waals surface area contributed by atoms with Crippen molar-refractivity contribution in [1.29, 1.82) is 0 Å². The highest BCUT2D eigenvalue weighted by Crippen LogP contribution is 2.22. The molecule has 0 spiro atoms. The van der Waals surface area contributed by atoms with Crippen LogP contribution in [0.4, 0.5) is 5.69 Å². The summed E-state index contributed by atoms with van der Waals surface area (Å²) in [6.07, 6.45) is 3.83. The molecule has 0 aliphatic carbocycles. The molecule has 2 heterocycles. The molecule has 0 saturated carbocycles. The monoisotopic (exact) mass is 314 g/mol. The van der Waals surface area contributed by atoms with E-state index in [1.165, 1.54) is 22.0 Å². The summed E-state index contributed by atoms with van der Waals surface area (Å²) in [5.41, 5.74) is 0.839. The van der Waals surface area contributed by atoms with Gasteiger partial charge in [0.05, 0.1) is 16.1 Å². The fourth-order valence-electron chi connectivity index (χ4n) is 2.56. The van der Waals surface area contributed by atoms with Crippen molar-refractivity contribution in [2.75, 3.05) is 6.54 Å². The van der Waals surface area contributed by atoms with Gasteiger partial charge in [-0.25, -0.2) is 0 Å². The van der Waals surface area contributed by atoms with Gasteiger partial charge in [0.1, 0.15) is 12.4 Å². The van der Waals surface area contributed by atoms with Crippen molar-refractivity contribution >= 4 is 17.5 Å². The van der Waals surface area contributed by atoms with Crippen LogP contribution >= 0.6 is 0 Å².